The van der Waals surface area contributed by atoms with Crippen LogP contribution in [0.15, 0.2) is 109 Å². The lowest BCUT2D eigenvalue weighted by atomic mass is 10.2. The molecule has 4 heteroatoms. The summed E-state index contributed by atoms with van der Waals surface area (Å²) in [4.78, 5) is 9.63. The van der Waals surface area contributed by atoms with Crippen molar-refractivity contribution in [3.05, 3.63) is 109 Å². The van der Waals surface area contributed by atoms with Crippen LogP contribution in [-0.2, 0) is 0 Å². The largest absolute Gasteiger partial charge is 0.308 e. The Balaban J connectivity index is 1.71. The minimum absolute atomic E-state index is 1.01. The highest BCUT2D eigenvalue weighted by Crippen LogP contribution is 2.37. The number of rotatable bonds is 2. The van der Waals surface area contributed by atoms with E-state index < -0.39 is 0 Å². The van der Waals surface area contributed by atoms with E-state index in [-0.39, 0.29) is 0 Å². The zero-order valence-corrected chi connectivity index (χ0v) is 17.2. The number of hydrogen-bond acceptors (Lipinski definition) is 2. The minimum atomic E-state index is 1.01. The standard InChI is InChI=1S/C28H18N4/c1-2-9-19(10-3-1)31-23-14-6-4-12-21(23)27-25(31)17-26-28(30-27)22-13-5-7-15-24(22)32(26)20-11-8-16-29-18-20/h1-18H. The van der Waals surface area contributed by atoms with Crippen molar-refractivity contribution in [2.24, 2.45) is 0 Å². The molecular weight excluding hydrogens is 392 g/mol. The topological polar surface area (TPSA) is 35.6 Å². The summed E-state index contributed by atoms with van der Waals surface area (Å²) in [5.41, 5.74) is 8.65. The monoisotopic (exact) mass is 410 g/mol. The number of aromatic nitrogens is 4. The van der Waals surface area contributed by atoms with Gasteiger partial charge in [-0.2, -0.15) is 0 Å². The van der Waals surface area contributed by atoms with Crippen LogP contribution in [0.4, 0.5) is 0 Å². The number of benzene rings is 3. The van der Waals surface area contributed by atoms with Gasteiger partial charge in [0.1, 0.15) is 0 Å². The van der Waals surface area contributed by atoms with Gasteiger partial charge in [0, 0.05) is 22.7 Å². The summed E-state index contributed by atoms with van der Waals surface area (Å²) in [6, 6.07) is 33.8. The summed E-state index contributed by atoms with van der Waals surface area (Å²) in [6.45, 7) is 0. The minimum Gasteiger partial charge on any atom is -0.308 e. The second-order valence-corrected chi connectivity index (χ2v) is 7.98. The third-order valence-electron chi connectivity index (χ3n) is 6.18. The lowest BCUT2D eigenvalue weighted by Gasteiger charge is -2.09. The van der Waals surface area contributed by atoms with Gasteiger partial charge < -0.3 is 9.13 Å². The number of pyridine rings is 2. The van der Waals surface area contributed by atoms with Gasteiger partial charge in [0.2, 0.25) is 0 Å². The lowest BCUT2D eigenvalue weighted by molar-refractivity contribution is 1.13. The molecule has 0 fully saturated rings. The van der Waals surface area contributed by atoms with Gasteiger partial charge in [-0.15, -0.1) is 0 Å². The molecule has 0 N–H and O–H groups in total. The van der Waals surface area contributed by atoms with E-state index in [1.807, 2.05) is 18.3 Å². The van der Waals surface area contributed by atoms with E-state index in [0.29, 0.717) is 0 Å². The second kappa shape index (κ2) is 6.53. The van der Waals surface area contributed by atoms with Crippen LogP contribution < -0.4 is 0 Å². The Morgan fingerprint density at radius 3 is 1.69 bits per heavy atom. The lowest BCUT2D eigenvalue weighted by Crippen LogP contribution is -1.96. The highest BCUT2D eigenvalue weighted by atomic mass is 15.0. The summed E-state index contributed by atoms with van der Waals surface area (Å²) in [5, 5.41) is 2.30. The van der Waals surface area contributed by atoms with E-state index >= 15 is 0 Å². The SMILES string of the molecule is c1ccc(-n2c3ccccc3c3nc4c5ccccc5n(-c5cccnc5)c4cc32)cc1. The summed E-state index contributed by atoms with van der Waals surface area (Å²) >= 11 is 0. The van der Waals surface area contributed by atoms with Crippen LogP contribution in [0.3, 0.4) is 0 Å². The number of hydrogen-bond donors (Lipinski definition) is 0. The molecule has 4 heterocycles. The summed E-state index contributed by atoms with van der Waals surface area (Å²) < 4.78 is 4.57. The van der Waals surface area contributed by atoms with Crippen LogP contribution in [0.2, 0.25) is 0 Å². The molecular formula is C28H18N4. The van der Waals surface area contributed by atoms with Crippen LogP contribution in [0.5, 0.6) is 0 Å². The maximum absolute atomic E-state index is 5.26. The van der Waals surface area contributed by atoms with E-state index in [2.05, 4.69) is 99.0 Å². The Morgan fingerprint density at radius 1 is 0.500 bits per heavy atom. The fourth-order valence-corrected chi connectivity index (χ4v) is 4.85. The summed E-state index contributed by atoms with van der Waals surface area (Å²) in [7, 11) is 0. The predicted molar refractivity (Wildman–Crippen MR) is 131 cm³/mol. The van der Waals surface area contributed by atoms with Crippen LogP contribution in [0, 0.1) is 0 Å². The maximum atomic E-state index is 5.26. The first-order chi connectivity index (χ1) is 15.9. The Morgan fingerprint density at radius 2 is 1.06 bits per heavy atom. The van der Waals surface area contributed by atoms with Gasteiger partial charge in [0.05, 0.1) is 45.0 Å². The summed E-state index contributed by atoms with van der Waals surface area (Å²) in [6.07, 6.45) is 3.71. The Labute approximate surface area is 184 Å². The Bertz CT molecular complexity index is 1630. The molecule has 0 aliphatic heterocycles. The molecule has 32 heavy (non-hydrogen) atoms. The average molecular weight is 410 g/mol. The van der Waals surface area contributed by atoms with Gasteiger partial charge in [-0.25, -0.2) is 4.98 Å². The third-order valence-corrected chi connectivity index (χ3v) is 6.18. The van der Waals surface area contributed by atoms with Crippen molar-refractivity contribution in [1.29, 1.82) is 0 Å². The molecule has 0 aliphatic carbocycles. The first-order valence-electron chi connectivity index (χ1n) is 10.7. The van der Waals surface area contributed by atoms with Gasteiger partial charge in [-0.3, -0.25) is 4.98 Å². The summed E-state index contributed by atoms with van der Waals surface area (Å²) in [5.74, 6) is 0. The Hall–Kier alpha value is -4.44. The Kier molecular flexibility index (Phi) is 3.52. The molecule has 4 nitrogen and oxygen atoms in total. The number of nitrogens with zero attached hydrogens (tertiary/aromatic N) is 4. The van der Waals surface area contributed by atoms with Crippen LogP contribution in [0.1, 0.15) is 0 Å². The van der Waals surface area contributed by atoms with Crippen molar-refractivity contribution in [1.82, 2.24) is 19.1 Å². The molecule has 0 atom stereocenters. The molecule has 3 aromatic carbocycles. The van der Waals surface area contributed by atoms with E-state index in [1.165, 1.54) is 0 Å². The van der Waals surface area contributed by atoms with Crippen molar-refractivity contribution in [3.8, 4) is 11.4 Å². The van der Waals surface area contributed by atoms with Gasteiger partial charge in [-0.1, -0.05) is 54.6 Å². The second-order valence-electron chi connectivity index (χ2n) is 7.98. The molecule has 0 unspecified atom stereocenters. The van der Waals surface area contributed by atoms with Crippen molar-refractivity contribution in [2.45, 2.75) is 0 Å². The quantitative estimate of drug-likeness (QED) is 0.319. The zero-order chi connectivity index (χ0) is 21.1. The van der Waals surface area contributed by atoms with Crippen molar-refractivity contribution >= 4 is 43.9 Å². The van der Waals surface area contributed by atoms with Gasteiger partial charge >= 0.3 is 0 Å². The molecule has 0 amide bonds. The van der Waals surface area contributed by atoms with E-state index in [9.17, 15) is 0 Å². The van der Waals surface area contributed by atoms with Crippen molar-refractivity contribution in [3.63, 3.8) is 0 Å². The normalized spacial score (nSPS) is 11.8. The number of para-hydroxylation sites is 3. The van der Waals surface area contributed by atoms with E-state index in [0.717, 1.165) is 55.2 Å². The zero-order valence-electron chi connectivity index (χ0n) is 17.2. The maximum Gasteiger partial charge on any atom is 0.0972 e. The smallest absolute Gasteiger partial charge is 0.0972 e. The molecule has 4 aromatic heterocycles. The highest BCUT2D eigenvalue weighted by molar-refractivity contribution is 6.15. The van der Waals surface area contributed by atoms with E-state index in [1.54, 1.807) is 6.20 Å². The van der Waals surface area contributed by atoms with Crippen LogP contribution in [0.25, 0.3) is 55.2 Å². The molecule has 7 aromatic rings. The van der Waals surface area contributed by atoms with Crippen LogP contribution in [-0.4, -0.2) is 19.1 Å². The van der Waals surface area contributed by atoms with Crippen LogP contribution >= 0.6 is 0 Å². The van der Waals surface area contributed by atoms with Gasteiger partial charge in [-0.05, 0) is 42.5 Å². The first kappa shape index (κ1) is 17.3. The first-order valence-corrected chi connectivity index (χ1v) is 10.7. The fourth-order valence-electron chi connectivity index (χ4n) is 4.85. The molecule has 0 spiro atoms. The molecule has 0 aliphatic rings. The van der Waals surface area contributed by atoms with E-state index in [4.69, 9.17) is 4.98 Å². The van der Waals surface area contributed by atoms with Gasteiger partial charge in [0.25, 0.3) is 0 Å². The highest BCUT2D eigenvalue weighted by Gasteiger charge is 2.19. The average Bonchev–Trinajstić information content (AvgIpc) is 3.36. The fraction of sp³-hybridized carbons (Fsp3) is 0. The van der Waals surface area contributed by atoms with Gasteiger partial charge in [0.15, 0.2) is 0 Å². The number of fused-ring (bicyclic) bond motifs is 6. The predicted octanol–water partition coefficient (Wildman–Crippen LogP) is 6.67. The molecule has 0 saturated heterocycles. The van der Waals surface area contributed by atoms with Crippen molar-refractivity contribution < 1.29 is 0 Å². The molecule has 7 rings (SSSR count). The molecule has 150 valence electrons. The molecule has 0 bridgehead atoms. The molecule has 0 saturated carbocycles. The van der Waals surface area contributed by atoms with Crippen molar-refractivity contribution in [2.75, 3.05) is 0 Å². The third kappa shape index (κ3) is 2.32. The molecule has 0 radical (unpaired) electrons.